The van der Waals surface area contributed by atoms with Gasteiger partial charge in [0.05, 0.1) is 0 Å². The van der Waals surface area contributed by atoms with Gasteiger partial charge < -0.3 is 24.8 Å². The molecule has 6 nitrogen and oxygen atoms in total. The van der Waals surface area contributed by atoms with Crippen LogP contribution in [0.1, 0.15) is 5.56 Å². The van der Waals surface area contributed by atoms with Crippen molar-refractivity contribution in [2.24, 2.45) is 4.99 Å². The van der Waals surface area contributed by atoms with E-state index in [-0.39, 0.29) is 5.82 Å². The van der Waals surface area contributed by atoms with Crippen LogP contribution < -0.4 is 15.0 Å². The number of ether oxygens (including phenoxy) is 1. The van der Waals surface area contributed by atoms with Crippen LogP contribution in [0.25, 0.3) is 0 Å². The smallest absolute Gasteiger partial charge is 0.194 e. The highest BCUT2D eigenvalue weighted by atomic mass is 19.1. The van der Waals surface area contributed by atoms with Gasteiger partial charge in [0.1, 0.15) is 18.2 Å². The molecule has 3 rings (SSSR count). The van der Waals surface area contributed by atoms with E-state index in [1.165, 1.54) is 12.1 Å². The van der Waals surface area contributed by atoms with E-state index in [0.717, 1.165) is 55.7 Å². The molecular weight excluding hydrogens is 381 g/mol. The summed E-state index contributed by atoms with van der Waals surface area (Å²) < 4.78 is 19.0. The van der Waals surface area contributed by atoms with E-state index in [0.29, 0.717) is 13.2 Å². The Morgan fingerprint density at radius 1 is 1.10 bits per heavy atom. The summed E-state index contributed by atoms with van der Waals surface area (Å²) in [5.74, 6) is 1.58. The molecule has 7 heteroatoms. The van der Waals surface area contributed by atoms with Crippen molar-refractivity contribution in [3.05, 3.63) is 59.9 Å². The molecule has 0 atom stereocenters. The maximum Gasteiger partial charge on any atom is 0.194 e. The highest BCUT2D eigenvalue weighted by molar-refractivity contribution is 5.80. The molecule has 1 aliphatic heterocycles. The molecule has 0 saturated carbocycles. The third kappa shape index (κ3) is 6.35. The molecule has 1 aliphatic rings. The Hall–Kier alpha value is -2.80. The lowest BCUT2D eigenvalue weighted by atomic mass is 10.2. The Bertz CT molecular complexity index is 817. The number of piperazine rings is 1. The molecular formula is C23H32FN5O. The summed E-state index contributed by atoms with van der Waals surface area (Å²) in [6.07, 6.45) is 0. The molecule has 0 radical (unpaired) electrons. The van der Waals surface area contributed by atoms with Crippen LogP contribution in [0.5, 0.6) is 5.75 Å². The quantitative estimate of drug-likeness (QED) is 0.559. The van der Waals surface area contributed by atoms with Crippen molar-refractivity contribution < 1.29 is 9.13 Å². The van der Waals surface area contributed by atoms with Crippen molar-refractivity contribution in [2.75, 3.05) is 65.4 Å². The van der Waals surface area contributed by atoms with Gasteiger partial charge in [0, 0.05) is 52.0 Å². The Balaban J connectivity index is 1.49. The molecule has 0 unspecified atom stereocenters. The molecule has 0 amide bonds. The zero-order chi connectivity index (χ0) is 21.3. The standard InChI is InChI=1S/C23H32FN5O/c1-25-23(26-18-19-5-4-6-22(17-19)30-16-15-27(2)3)29-13-11-28(12-14-29)21-9-7-20(24)8-10-21/h4-10,17H,11-16,18H2,1-3H3,(H,25,26). The molecule has 0 aliphatic carbocycles. The van der Waals surface area contributed by atoms with Gasteiger partial charge >= 0.3 is 0 Å². The highest BCUT2D eigenvalue weighted by Crippen LogP contribution is 2.17. The SMILES string of the molecule is CN=C(NCc1cccc(OCCN(C)C)c1)N1CCN(c2ccc(F)cc2)CC1. The summed E-state index contributed by atoms with van der Waals surface area (Å²) in [6.45, 7) is 5.73. The lowest BCUT2D eigenvalue weighted by Gasteiger charge is -2.37. The Labute approximate surface area is 179 Å². The van der Waals surface area contributed by atoms with Crippen molar-refractivity contribution >= 4 is 11.6 Å². The normalized spacial score (nSPS) is 14.9. The van der Waals surface area contributed by atoms with Crippen LogP contribution in [0, 0.1) is 5.82 Å². The number of rotatable bonds is 7. The van der Waals surface area contributed by atoms with Crippen molar-refractivity contribution in [1.29, 1.82) is 0 Å². The summed E-state index contributed by atoms with van der Waals surface area (Å²) in [4.78, 5) is 11.1. The van der Waals surface area contributed by atoms with Gasteiger partial charge in [0.2, 0.25) is 0 Å². The fourth-order valence-electron chi connectivity index (χ4n) is 3.43. The lowest BCUT2D eigenvalue weighted by Crippen LogP contribution is -2.52. The van der Waals surface area contributed by atoms with Gasteiger partial charge in [-0.3, -0.25) is 4.99 Å². The van der Waals surface area contributed by atoms with Gasteiger partial charge in [-0.2, -0.15) is 0 Å². The predicted octanol–water partition coefficient (Wildman–Crippen LogP) is 2.66. The molecule has 1 saturated heterocycles. The number of aliphatic imine (C=N–C) groups is 1. The first-order valence-corrected chi connectivity index (χ1v) is 10.4. The lowest BCUT2D eigenvalue weighted by molar-refractivity contribution is 0.261. The molecule has 1 N–H and O–H groups in total. The first kappa shape index (κ1) is 21.9. The van der Waals surface area contributed by atoms with Gasteiger partial charge in [-0.25, -0.2) is 4.39 Å². The minimum atomic E-state index is -0.200. The maximum absolute atomic E-state index is 13.1. The second kappa shape index (κ2) is 10.8. The van der Waals surface area contributed by atoms with E-state index in [1.807, 2.05) is 45.4 Å². The molecule has 0 spiro atoms. The molecule has 0 bridgehead atoms. The van der Waals surface area contributed by atoms with Gasteiger partial charge in [-0.1, -0.05) is 12.1 Å². The number of anilines is 1. The maximum atomic E-state index is 13.1. The summed E-state index contributed by atoms with van der Waals surface area (Å²) >= 11 is 0. The van der Waals surface area contributed by atoms with Crippen LogP contribution in [0.2, 0.25) is 0 Å². The van der Waals surface area contributed by atoms with E-state index in [9.17, 15) is 4.39 Å². The Morgan fingerprint density at radius 2 is 1.83 bits per heavy atom. The first-order valence-electron chi connectivity index (χ1n) is 10.4. The van der Waals surface area contributed by atoms with Crippen LogP contribution in [0.15, 0.2) is 53.5 Å². The monoisotopic (exact) mass is 413 g/mol. The molecule has 0 aromatic heterocycles. The van der Waals surface area contributed by atoms with Crippen molar-refractivity contribution in [1.82, 2.24) is 15.1 Å². The van der Waals surface area contributed by atoms with E-state index in [1.54, 1.807) is 0 Å². The van der Waals surface area contributed by atoms with E-state index in [2.05, 4.69) is 37.1 Å². The molecule has 1 heterocycles. The minimum absolute atomic E-state index is 0.200. The van der Waals surface area contributed by atoms with Crippen LogP contribution in [0.4, 0.5) is 10.1 Å². The number of halogens is 1. The number of nitrogens with one attached hydrogen (secondary N) is 1. The van der Waals surface area contributed by atoms with Gasteiger partial charge in [-0.05, 0) is 56.1 Å². The number of benzene rings is 2. The number of nitrogens with zero attached hydrogens (tertiary/aromatic N) is 4. The third-order valence-electron chi connectivity index (χ3n) is 5.14. The van der Waals surface area contributed by atoms with Crippen LogP contribution in [-0.4, -0.2) is 76.2 Å². The average molecular weight is 414 g/mol. The van der Waals surface area contributed by atoms with Gasteiger partial charge in [-0.15, -0.1) is 0 Å². The topological polar surface area (TPSA) is 43.3 Å². The predicted molar refractivity (Wildman–Crippen MR) is 121 cm³/mol. The molecule has 162 valence electrons. The molecule has 2 aromatic rings. The van der Waals surface area contributed by atoms with Crippen LogP contribution in [-0.2, 0) is 6.54 Å². The summed E-state index contributed by atoms with van der Waals surface area (Å²) in [6, 6.07) is 14.9. The van der Waals surface area contributed by atoms with E-state index < -0.39 is 0 Å². The Morgan fingerprint density at radius 3 is 2.50 bits per heavy atom. The second-order valence-electron chi connectivity index (χ2n) is 7.65. The van der Waals surface area contributed by atoms with Crippen LogP contribution in [0.3, 0.4) is 0 Å². The average Bonchev–Trinajstić information content (AvgIpc) is 2.75. The van der Waals surface area contributed by atoms with Crippen molar-refractivity contribution in [2.45, 2.75) is 6.54 Å². The largest absolute Gasteiger partial charge is 0.492 e. The zero-order valence-corrected chi connectivity index (χ0v) is 18.1. The van der Waals surface area contributed by atoms with Gasteiger partial charge in [0.15, 0.2) is 5.96 Å². The van der Waals surface area contributed by atoms with Crippen LogP contribution >= 0.6 is 0 Å². The number of likely N-dealkylation sites (N-methyl/N-ethyl adjacent to an activating group) is 1. The Kier molecular flexibility index (Phi) is 7.90. The summed E-state index contributed by atoms with van der Waals surface area (Å²) in [5, 5.41) is 3.46. The van der Waals surface area contributed by atoms with Crippen molar-refractivity contribution in [3.8, 4) is 5.75 Å². The summed E-state index contributed by atoms with van der Waals surface area (Å²) in [7, 11) is 5.89. The zero-order valence-electron chi connectivity index (χ0n) is 18.1. The third-order valence-corrected chi connectivity index (χ3v) is 5.14. The first-order chi connectivity index (χ1) is 14.5. The van der Waals surface area contributed by atoms with E-state index >= 15 is 0 Å². The minimum Gasteiger partial charge on any atom is -0.492 e. The van der Waals surface area contributed by atoms with E-state index in [4.69, 9.17) is 4.74 Å². The summed E-state index contributed by atoms with van der Waals surface area (Å²) in [5.41, 5.74) is 2.22. The fraction of sp³-hybridized carbons (Fsp3) is 0.435. The fourth-order valence-corrected chi connectivity index (χ4v) is 3.43. The second-order valence-corrected chi connectivity index (χ2v) is 7.65. The number of guanidine groups is 1. The molecule has 1 fully saturated rings. The van der Waals surface area contributed by atoms with Crippen molar-refractivity contribution in [3.63, 3.8) is 0 Å². The van der Waals surface area contributed by atoms with Gasteiger partial charge in [0.25, 0.3) is 0 Å². The molecule has 2 aromatic carbocycles. The number of hydrogen-bond acceptors (Lipinski definition) is 4. The number of hydrogen-bond donors (Lipinski definition) is 1. The molecule has 30 heavy (non-hydrogen) atoms. The highest BCUT2D eigenvalue weighted by Gasteiger charge is 2.19.